The van der Waals surface area contributed by atoms with Gasteiger partial charge in [0.2, 0.25) is 5.91 Å². The summed E-state index contributed by atoms with van der Waals surface area (Å²) in [6.07, 6.45) is 8.66. The summed E-state index contributed by atoms with van der Waals surface area (Å²) in [4.78, 5) is 37.5. The molecule has 4 aliphatic rings. The fraction of sp³-hybridized carbons (Fsp3) is 0.897. The molecule has 1 amide bonds. The summed E-state index contributed by atoms with van der Waals surface area (Å²) in [5, 5.41) is 22.3. The number of carboxylic acid groups (broad SMARTS) is 1. The van der Waals surface area contributed by atoms with Crippen molar-refractivity contribution in [2.75, 3.05) is 0 Å². The van der Waals surface area contributed by atoms with E-state index < -0.39 is 12.0 Å². The van der Waals surface area contributed by atoms with Gasteiger partial charge in [0.15, 0.2) is 0 Å². The zero-order valence-electron chi connectivity index (χ0n) is 22.4. The summed E-state index contributed by atoms with van der Waals surface area (Å²) >= 11 is 0. The van der Waals surface area contributed by atoms with Gasteiger partial charge in [0.25, 0.3) is 0 Å². The van der Waals surface area contributed by atoms with Crippen molar-refractivity contribution in [1.29, 1.82) is 0 Å². The Morgan fingerprint density at radius 2 is 1.69 bits per heavy atom. The number of hydrogen-bond donors (Lipinski definition) is 3. The molecular formula is C29H47NO5. The Morgan fingerprint density at radius 3 is 2.34 bits per heavy atom. The van der Waals surface area contributed by atoms with Gasteiger partial charge < -0.3 is 15.5 Å². The van der Waals surface area contributed by atoms with Crippen molar-refractivity contribution in [3.63, 3.8) is 0 Å². The Bertz CT molecular complexity index is 841. The third kappa shape index (κ3) is 4.69. The lowest BCUT2D eigenvalue weighted by molar-refractivity contribution is -0.160. The number of aliphatic hydroxyl groups is 1. The second-order valence-electron chi connectivity index (χ2n) is 13.4. The first-order chi connectivity index (χ1) is 16.4. The first kappa shape index (κ1) is 26.6. The molecule has 0 saturated heterocycles. The normalized spacial score (nSPS) is 42.5. The number of carbonyl (C=O) groups excluding carboxylic acids is 2. The van der Waals surface area contributed by atoms with Crippen LogP contribution in [0.25, 0.3) is 0 Å². The lowest BCUT2D eigenvalue weighted by Gasteiger charge is -2.60. The molecule has 35 heavy (non-hydrogen) atoms. The van der Waals surface area contributed by atoms with Gasteiger partial charge >= 0.3 is 5.97 Å². The fourth-order valence-electron chi connectivity index (χ4n) is 9.20. The van der Waals surface area contributed by atoms with E-state index in [1.807, 2.05) is 13.8 Å². The number of Topliss-reactive ketones (excluding diaryl/α,β-unsaturated/α-hetero) is 1. The van der Waals surface area contributed by atoms with Crippen LogP contribution in [0.2, 0.25) is 0 Å². The zero-order valence-corrected chi connectivity index (χ0v) is 22.4. The molecule has 3 N–H and O–H groups in total. The van der Waals surface area contributed by atoms with E-state index in [1.54, 1.807) is 0 Å². The average molecular weight is 490 g/mol. The number of rotatable bonds is 7. The Hall–Kier alpha value is -1.43. The van der Waals surface area contributed by atoms with E-state index in [-0.39, 0.29) is 34.7 Å². The molecule has 0 spiro atoms. The maximum Gasteiger partial charge on any atom is 0.326 e. The Morgan fingerprint density at radius 1 is 1.03 bits per heavy atom. The lowest BCUT2D eigenvalue weighted by Crippen LogP contribution is -2.57. The van der Waals surface area contributed by atoms with Crippen LogP contribution >= 0.6 is 0 Å². The predicted octanol–water partition coefficient (Wildman–Crippen LogP) is 4.83. The molecule has 0 bridgehead atoms. The number of fused-ring (bicyclic) bond motifs is 5. The summed E-state index contributed by atoms with van der Waals surface area (Å²) in [5.74, 6) is 1.36. The molecule has 10 atom stereocenters. The van der Waals surface area contributed by atoms with Gasteiger partial charge in [-0.15, -0.1) is 0 Å². The molecule has 6 heteroatoms. The number of aliphatic carboxylic acids is 1. The van der Waals surface area contributed by atoms with Crippen LogP contribution in [0, 0.1) is 52.3 Å². The highest BCUT2D eigenvalue weighted by atomic mass is 16.4. The third-order valence-corrected chi connectivity index (χ3v) is 11.3. The standard InChI is InChI=1S/C29H47NO5/c1-16(2)26(27(34)35)30-24(33)9-6-17(3)20-7-8-21-25-22(11-13-29(20,21)5)28(4)12-10-19(31)14-18(28)15-23(25)32/h16-22,25-26,31H,6-15H2,1-5H3,(H,30,33)(H,34,35)/t17?,18-,19+,20?,21?,22?,25?,26-,28?,29?/m0/s1. The lowest BCUT2D eigenvalue weighted by atomic mass is 9.44. The van der Waals surface area contributed by atoms with Crippen LogP contribution in [-0.2, 0) is 14.4 Å². The number of amides is 1. The van der Waals surface area contributed by atoms with E-state index in [9.17, 15) is 24.6 Å². The second-order valence-corrected chi connectivity index (χ2v) is 13.4. The molecule has 0 radical (unpaired) electrons. The van der Waals surface area contributed by atoms with E-state index in [2.05, 4.69) is 26.1 Å². The van der Waals surface area contributed by atoms with Gasteiger partial charge in [-0.25, -0.2) is 4.79 Å². The molecule has 4 saturated carbocycles. The van der Waals surface area contributed by atoms with Crippen LogP contribution < -0.4 is 5.32 Å². The topological polar surface area (TPSA) is 104 Å². The largest absolute Gasteiger partial charge is 0.480 e. The van der Waals surface area contributed by atoms with Gasteiger partial charge in [0, 0.05) is 18.8 Å². The Labute approximate surface area is 211 Å². The van der Waals surface area contributed by atoms with Gasteiger partial charge in [-0.3, -0.25) is 9.59 Å². The minimum Gasteiger partial charge on any atom is -0.480 e. The smallest absolute Gasteiger partial charge is 0.326 e. The van der Waals surface area contributed by atoms with Crippen LogP contribution in [0.15, 0.2) is 0 Å². The van der Waals surface area contributed by atoms with Gasteiger partial charge in [-0.1, -0.05) is 34.6 Å². The van der Waals surface area contributed by atoms with Gasteiger partial charge in [0.05, 0.1) is 6.10 Å². The molecular weight excluding hydrogens is 442 g/mol. The fourth-order valence-corrected chi connectivity index (χ4v) is 9.20. The number of carboxylic acids is 1. The van der Waals surface area contributed by atoms with Crippen LogP contribution in [-0.4, -0.2) is 40.0 Å². The quantitative estimate of drug-likeness (QED) is 0.475. The van der Waals surface area contributed by atoms with Crippen molar-refractivity contribution >= 4 is 17.7 Å². The number of carbonyl (C=O) groups is 3. The molecule has 4 rings (SSSR count). The average Bonchev–Trinajstić information content (AvgIpc) is 3.13. The van der Waals surface area contributed by atoms with Crippen molar-refractivity contribution in [2.24, 2.45) is 52.3 Å². The molecule has 4 aliphatic carbocycles. The highest BCUT2D eigenvalue weighted by Crippen LogP contribution is 2.67. The number of aliphatic hydroxyl groups excluding tert-OH is 1. The number of nitrogens with one attached hydrogen (secondary N) is 1. The first-order valence-electron chi connectivity index (χ1n) is 14.1. The van der Waals surface area contributed by atoms with Gasteiger partial charge in [-0.2, -0.15) is 0 Å². The van der Waals surface area contributed by atoms with Crippen molar-refractivity contribution in [2.45, 2.75) is 111 Å². The van der Waals surface area contributed by atoms with Gasteiger partial charge in [0.1, 0.15) is 11.8 Å². The molecule has 0 aromatic carbocycles. The van der Waals surface area contributed by atoms with Crippen molar-refractivity contribution in [3.05, 3.63) is 0 Å². The van der Waals surface area contributed by atoms with Crippen molar-refractivity contribution in [3.8, 4) is 0 Å². The van der Waals surface area contributed by atoms with Crippen molar-refractivity contribution in [1.82, 2.24) is 5.32 Å². The number of ketones is 1. The molecule has 6 nitrogen and oxygen atoms in total. The first-order valence-corrected chi connectivity index (χ1v) is 14.1. The van der Waals surface area contributed by atoms with Gasteiger partial charge in [-0.05, 0) is 97.7 Å². The van der Waals surface area contributed by atoms with E-state index in [4.69, 9.17) is 0 Å². The van der Waals surface area contributed by atoms with Crippen LogP contribution in [0.4, 0.5) is 0 Å². The predicted molar refractivity (Wildman–Crippen MR) is 134 cm³/mol. The minimum atomic E-state index is -0.982. The summed E-state index contributed by atoms with van der Waals surface area (Å²) in [6, 6.07) is -0.843. The Balaban J connectivity index is 1.42. The van der Waals surface area contributed by atoms with Crippen LogP contribution in [0.1, 0.15) is 98.8 Å². The zero-order chi connectivity index (χ0) is 25.7. The van der Waals surface area contributed by atoms with Crippen LogP contribution in [0.3, 0.4) is 0 Å². The molecule has 0 aromatic rings. The van der Waals surface area contributed by atoms with E-state index in [1.165, 1.54) is 0 Å². The molecule has 0 aromatic heterocycles. The summed E-state index contributed by atoms with van der Waals surface area (Å²) in [5.41, 5.74) is 0.309. The molecule has 0 heterocycles. The minimum absolute atomic E-state index is 0.131. The molecule has 4 fully saturated rings. The van der Waals surface area contributed by atoms with E-state index >= 15 is 0 Å². The highest BCUT2D eigenvalue weighted by Gasteiger charge is 2.63. The maximum atomic E-state index is 13.5. The van der Waals surface area contributed by atoms with Crippen LogP contribution in [0.5, 0.6) is 0 Å². The molecule has 198 valence electrons. The maximum absolute atomic E-state index is 13.5. The third-order valence-electron chi connectivity index (χ3n) is 11.3. The van der Waals surface area contributed by atoms with E-state index in [0.717, 1.165) is 51.4 Å². The second kappa shape index (κ2) is 9.79. The summed E-state index contributed by atoms with van der Waals surface area (Å²) in [6.45, 7) is 10.7. The SMILES string of the molecule is CC(CCC(=O)N[C@H](C(=O)O)C(C)C)C1CCC2C3C(=O)C[C@@H]4C[C@H](O)CCC4(C)C3CCC12C. The number of hydrogen-bond acceptors (Lipinski definition) is 4. The molecule has 0 aliphatic heterocycles. The summed E-state index contributed by atoms with van der Waals surface area (Å²) in [7, 11) is 0. The summed E-state index contributed by atoms with van der Waals surface area (Å²) < 4.78 is 0. The van der Waals surface area contributed by atoms with E-state index in [0.29, 0.717) is 48.2 Å². The molecule has 7 unspecified atom stereocenters. The highest BCUT2D eigenvalue weighted by molar-refractivity contribution is 5.84. The monoisotopic (exact) mass is 489 g/mol. The Kier molecular flexibility index (Phi) is 7.45. The van der Waals surface area contributed by atoms with Crippen molar-refractivity contribution < 1.29 is 24.6 Å².